The minimum absolute atomic E-state index is 0.417. The number of hydrogen-bond acceptors (Lipinski definition) is 2. The summed E-state index contributed by atoms with van der Waals surface area (Å²) in [7, 11) is 0. The average Bonchev–Trinajstić information content (AvgIpc) is 2.70. The molecule has 0 radical (unpaired) electrons. The van der Waals surface area contributed by atoms with E-state index in [1.54, 1.807) is 12.1 Å². The molecule has 74 valence electrons. The lowest BCUT2D eigenvalue weighted by molar-refractivity contribution is 0.537. The predicted octanol–water partition coefficient (Wildman–Crippen LogP) is 2.49. The minimum Gasteiger partial charge on any atom is -0.768 e. The molecule has 0 fully saturated rings. The van der Waals surface area contributed by atoms with Crippen molar-refractivity contribution in [2.24, 2.45) is 0 Å². The van der Waals surface area contributed by atoms with Crippen LogP contribution in [0.2, 0.25) is 0 Å². The topological polar surface area (TPSA) is 40.1 Å². The van der Waals surface area contributed by atoms with Crippen LogP contribution in [0.25, 0.3) is 5.57 Å². The molecule has 0 saturated carbocycles. The first kappa shape index (κ1) is 9.62. The molecular weight excluding hydrogens is 196 g/mol. The highest BCUT2D eigenvalue weighted by Crippen LogP contribution is 2.30. The Balaban J connectivity index is 2.46. The Kier molecular flexibility index (Phi) is 2.79. The number of rotatable bonds is 2. The fourth-order valence-corrected chi connectivity index (χ4v) is 2.36. The molecule has 0 aliphatic heterocycles. The summed E-state index contributed by atoms with van der Waals surface area (Å²) >= 11 is -2.13. The molecule has 0 amide bonds. The quantitative estimate of drug-likeness (QED) is 0.699. The van der Waals surface area contributed by atoms with Crippen LogP contribution >= 0.6 is 0 Å². The zero-order valence-electron chi connectivity index (χ0n) is 7.73. The van der Waals surface area contributed by atoms with Gasteiger partial charge >= 0.3 is 0 Å². The first-order valence-corrected chi connectivity index (χ1v) is 5.74. The summed E-state index contributed by atoms with van der Waals surface area (Å²) in [6.07, 6.45) is 5.32. The van der Waals surface area contributed by atoms with Gasteiger partial charge in [-0.3, -0.25) is 4.21 Å². The van der Waals surface area contributed by atoms with Gasteiger partial charge in [-0.25, -0.2) is 0 Å². The van der Waals surface area contributed by atoms with Crippen molar-refractivity contribution in [1.82, 2.24) is 0 Å². The van der Waals surface area contributed by atoms with Gasteiger partial charge in [-0.05, 0) is 47.5 Å². The van der Waals surface area contributed by atoms with Crippen molar-refractivity contribution in [3.05, 3.63) is 35.9 Å². The van der Waals surface area contributed by atoms with E-state index in [0.717, 1.165) is 24.8 Å². The number of benzene rings is 1. The molecular formula is C11H11O2S-. The normalized spacial score (nSPS) is 17.9. The highest BCUT2D eigenvalue weighted by molar-refractivity contribution is 7.79. The van der Waals surface area contributed by atoms with Crippen LogP contribution in [-0.2, 0) is 11.1 Å². The van der Waals surface area contributed by atoms with Gasteiger partial charge in [0.05, 0.1) is 0 Å². The molecule has 2 rings (SSSR count). The number of allylic oxidation sites excluding steroid dienone is 2. The van der Waals surface area contributed by atoms with Crippen LogP contribution in [0.5, 0.6) is 0 Å². The first-order valence-electron chi connectivity index (χ1n) is 4.67. The number of hydrogen-bond donors (Lipinski definition) is 0. The smallest absolute Gasteiger partial charge is 0.0323 e. The summed E-state index contributed by atoms with van der Waals surface area (Å²) in [5.74, 6) is 0. The van der Waals surface area contributed by atoms with Gasteiger partial charge in [0, 0.05) is 4.90 Å². The van der Waals surface area contributed by atoms with Crippen LogP contribution in [-0.4, -0.2) is 8.76 Å². The summed E-state index contributed by atoms with van der Waals surface area (Å²) in [5.41, 5.74) is 2.04. The van der Waals surface area contributed by atoms with Gasteiger partial charge in [-0.1, -0.05) is 24.3 Å². The van der Waals surface area contributed by atoms with Gasteiger partial charge in [0.15, 0.2) is 0 Å². The zero-order chi connectivity index (χ0) is 9.97. The Morgan fingerprint density at radius 2 is 2.07 bits per heavy atom. The van der Waals surface area contributed by atoms with Crippen LogP contribution in [0, 0.1) is 0 Å². The van der Waals surface area contributed by atoms with Gasteiger partial charge in [0.1, 0.15) is 0 Å². The Labute approximate surface area is 85.9 Å². The van der Waals surface area contributed by atoms with Crippen molar-refractivity contribution >= 4 is 16.7 Å². The molecule has 2 nitrogen and oxygen atoms in total. The zero-order valence-corrected chi connectivity index (χ0v) is 8.55. The lowest BCUT2D eigenvalue weighted by Crippen LogP contribution is -1.94. The monoisotopic (exact) mass is 207 g/mol. The molecule has 0 heterocycles. The molecule has 0 aromatic heterocycles. The molecule has 1 atom stereocenters. The van der Waals surface area contributed by atoms with E-state index in [9.17, 15) is 8.76 Å². The molecule has 1 unspecified atom stereocenters. The molecule has 1 aromatic rings. The van der Waals surface area contributed by atoms with Crippen LogP contribution in [0.4, 0.5) is 0 Å². The van der Waals surface area contributed by atoms with Crippen molar-refractivity contribution in [3.8, 4) is 0 Å². The van der Waals surface area contributed by atoms with Gasteiger partial charge in [-0.2, -0.15) is 0 Å². The fourth-order valence-electron chi connectivity index (χ4n) is 1.79. The van der Waals surface area contributed by atoms with Crippen LogP contribution in [0.3, 0.4) is 0 Å². The van der Waals surface area contributed by atoms with Crippen molar-refractivity contribution in [2.45, 2.75) is 24.2 Å². The molecule has 0 saturated heterocycles. The highest BCUT2D eigenvalue weighted by Gasteiger charge is 2.10. The molecule has 3 heteroatoms. The highest BCUT2D eigenvalue weighted by atomic mass is 32.2. The van der Waals surface area contributed by atoms with E-state index in [4.69, 9.17) is 0 Å². The molecule has 0 spiro atoms. The third kappa shape index (κ3) is 1.79. The maximum Gasteiger partial charge on any atom is 0.0323 e. The minimum atomic E-state index is -2.13. The van der Waals surface area contributed by atoms with Crippen molar-refractivity contribution < 1.29 is 8.76 Å². The van der Waals surface area contributed by atoms with E-state index < -0.39 is 11.1 Å². The van der Waals surface area contributed by atoms with E-state index in [0.29, 0.717) is 4.90 Å². The van der Waals surface area contributed by atoms with Gasteiger partial charge < -0.3 is 4.55 Å². The van der Waals surface area contributed by atoms with E-state index in [1.807, 2.05) is 12.1 Å². The second-order valence-corrected chi connectivity index (χ2v) is 4.26. The van der Waals surface area contributed by atoms with Crippen LogP contribution in [0.15, 0.2) is 35.2 Å². The SMILES string of the molecule is O=S([O-])c1ccccc1C1=CCCC1. The molecule has 1 aliphatic rings. The summed E-state index contributed by atoms with van der Waals surface area (Å²) in [4.78, 5) is 0.417. The first-order chi connectivity index (χ1) is 6.79. The molecule has 0 bridgehead atoms. The fraction of sp³-hybridized carbons (Fsp3) is 0.273. The lowest BCUT2D eigenvalue weighted by atomic mass is 10.1. The Hall–Kier alpha value is -0.930. The second kappa shape index (κ2) is 4.07. The standard InChI is InChI=1S/C11H12O2S/c12-14(13)11-8-4-3-7-10(11)9-5-1-2-6-9/h3-5,7-8H,1-2,6H2,(H,12,13)/p-1. The third-order valence-electron chi connectivity index (χ3n) is 2.45. The van der Waals surface area contributed by atoms with E-state index in [1.165, 1.54) is 5.57 Å². The summed E-state index contributed by atoms with van der Waals surface area (Å²) in [5, 5.41) is 0. The van der Waals surface area contributed by atoms with Crippen molar-refractivity contribution in [1.29, 1.82) is 0 Å². The Bertz CT molecular complexity index is 396. The average molecular weight is 207 g/mol. The third-order valence-corrected chi connectivity index (χ3v) is 3.17. The van der Waals surface area contributed by atoms with E-state index in [-0.39, 0.29) is 0 Å². The summed E-state index contributed by atoms with van der Waals surface area (Å²) in [6, 6.07) is 7.16. The van der Waals surface area contributed by atoms with Gasteiger partial charge in [-0.15, -0.1) is 0 Å². The van der Waals surface area contributed by atoms with Crippen LogP contribution in [0.1, 0.15) is 24.8 Å². The summed E-state index contributed by atoms with van der Waals surface area (Å²) < 4.78 is 21.9. The summed E-state index contributed by atoms with van der Waals surface area (Å²) in [6.45, 7) is 0. The van der Waals surface area contributed by atoms with E-state index >= 15 is 0 Å². The molecule has 0 N–H and O–H groups in total. The molecule has 1 aromatic carbocycles. The van der Waals surface area contributed by atoms with Gasteiger partial charge in [0.25, 0.3) is 0 Å². The molecule has 1 aliphatic carbocycles. The largest absolute Gasteiger partial charge is 0.768 e. The lowest BCUT2D eigenvalue weighted by Gasteiger charge is -2.12. The predicted molar refractivity (Wildman–Crippen MR) is 55.5 cm³/mol. The molecule has 14 heavy (non-hydrogen) atoms. The van der Waals surface area contributed by atoms with Gasteiger partial charge in [0.2, 0.25) is 0 Å². The Morgan fingerprint density at radius 1 is 1.29 bits per heavy atom. The van der Waals surface area contributed by atoms with Crippen LogP contribution < -0.4 is 0 Å². The van der Waals surface area contributed by atoms with E-state index in [2.05, 4.69) is 6.08 Å². The maximum absolute atomic E-state index is 11.0. The van der Waals surface area contributed by atoms with Crippen molar-refractivity contribution in [2.75, 3.05) is 0 Å². The Morgan fingerprint density at radius 3 is 2.71 bits per heavy atom. The van der Waals surface area contributed by atoms with Crippen molar-refractivity contribution in [3.63, 3.8) is 0 Å². The second-order valence-electron chi connectivity index (χ2n) is 3.35. The maximum atomic E-state index is 11.0.